The van der Waals surface area contributed by atoms with Crippen molar-refractivity contribution in [2.45, 2.75) is 71.7 Å². The molecule has 0 radical (unpaired) electrons. The zero-order valence-corrected chi connectivity index (χ0v) is 24.5. The number of nitrogens with one attached hydrogen (secondary N) is 2. The molecule has 1 unspecified atom stereocenters. The number of hydrogen-bond acceptors (Lipinski definition) is 7. The van der Waals surface area contributed by atoms with Gasteiger partial charge in [-0.15, -0.1) is 0 Å². The first-order valence-electron chi connectivity index (χ1n) is 13.4. The van der Waals surface area contributed by atoms with Crippen LogP contribution in [0.4, 0.5) is 4.79 Å². The van der Waals surface area contributed by atoms with Crippen molar-refractivity contribution < 1.29 is 29.0 Å². The number of carboxylic acid groups (broad SMARTS) is 1. The third-order valence-electron chi connectivity index (χ3n) is 6.71. The molecule has 2 aromatic heterocycles. The van der Waals surface area contributed by atoms with Crippen molar-refractivity contribution in [3.8, 4) is 17.3 Å². The van der Waals surface area contributed by atoms with E-state index in [1.807, 2.05) is 47.6 Å². The van der Waals surface area contributed by atoms with E-state index in [9.17, 15) is 19.5 Å². The van der Waals surface area contributed by atoms with Gasteiger partial charge in [0.1, 0.15) is 29.7 Å². The van der Waals surface area contributed by atoms with E-state index in [0.717, 1.165) is 0 Å². The minimum atomic E-state index is -1.14. The zero-order chi connectivity index (χ0) is 30.1. The number of likely N-dealkylation sites (tertiary alicyclic amines) is 1. The highest BCUT2D eigenvalue weighted by Gasteiger charge is 2.46. The molecule has 3 N–H and O–H groups in total. The van der Waals surface area contributed by atoms with Crippen LogP contribution in [0.2, 0.25) is 0 Å². The molecule has 12 nitrogen and oxygen atoms in total. The monoisotopic (exact) mass is 566 g/mol. The van der Waals surface area contributed by atoms with Gasteiger partial charge < -0.3 is 30.1 Å². The van der Waals surface area contributed by atoms with E-state index < -0.39 is 47.0 Å². The summed E-state index contributed by atoms with van der Waals surface area (Å²) in [6.45, 7) is 11.0. The number of nitrogens with zero attached hydrogens (tertiary/aromatic N) is 4. The number of aromatic nitrogens is 3. The number of hydrogen-bond donors (Lipinski definition) is 3. The van der Waals surface area contributed by atoms with E-state index in [1.165, 1.54) is 4.90 Å². The Morgan fingerprint density at radius 2 is 1.85 bits per heavy atom. The highest BCUT2D eigenvalue weighted by molar-refractivity contribution is 5.91. The summed E-state index contributed by atoms with van der Waals surface area (Å²) in [5.74, 6) is -0.0252. The number of urea groups is 1. The Kier molecular flexibility index (Phi) is 8.14. The zero-order valence-electron chi connectivity index (χ0n) is 24.5. The standard InChI is InChI=1S/C29H38N6O6/c1-28(2,3)24(32-27(39)33-29(4,5)6)25(36)34-16-18(14-21(34)26(37)38)41-22-15-23(35-12-8-11-30-35)31-20-13-17(40-7)9-10-19(20)22/h8-13,15,18,21,24H,14,16H2,1-7H3,(H,37,38)(H2,32,33,39)/t18-,21?,24-/m1/s1. The van der Waals surface area contributed by atoms with Crippen LogP contribution in [-0.4, -0.2) is 80.1 Å². The van der Waals surface area contributed by atoms with Crippen molar-refractivity contribution in [1.29, 1.82) is 0 Å². The number of rotatable bonds is 7. The summed E-state index contributed by atoms with van der Waals surface area (Å²) in [5, 5.41) is 20.6. The minimum absolute atomic E-state index is 0.0298. The summed E-state index contributed by atoms with van der Waals surface area (Å²) < 4.78 is 13.4. The fourth-order valence-electron chi connectivity index (χ4n) is 4.77. The fraction of sp³-hybridized carbons (Fsp3) is 0.483. The molecule has 1 aromatic carbocycles. The Morgan fingerprint density at radius 1 is 1.12 bits per heavy atom. The van der Waals surface area contributed by atoms with Crippen LogP contribution in [-0.2, 0) is 9.59 Å². The lowest BCUT2D eigenvalue weighted by Crippen LogP contribution is -2.60. The molecular weight excluding hydrogens is 528 g/mol. The highest BCUT2D eigenvalue weighted by Crippen LogP contribution is 2.33. The van der Waals surface area contributed by atoms with Gasteiger partial charge >= 0.3 is 12.0 Å². The quantitative estimate of drug-likeness (QED) is 0.394. The van der Waals surface area contributed by atoms with E-state index in [1.54, 1.807) is 48.5 Å². The number of carbonyl (C=O) groups is 3. The first-order valence-corrected chi connectivity index (χ1v) is 13.4. The van der Waals surface area contributed by atoms with Crippen LogP contribution in [0.3, 0.4) is 0 Å². The molecule has 3 aromatic rings. The van der Waals surface area contributed by atoms with Crippen molar-refractivity contribution in [3.05, 3.63) is 42.7 Å². The molecule has 3 atom stereocenters. The molecule has 1 aliphatic rings. The largest absolute Gasteiger partial charge is 0.497 e. The van der Waals surface area contributed by atoms with Crippen LogP contribution in [0.15, 0.2) is 42.7 Å². The number of carbonyl (C=O) groups excluding carboxylic acids is 2. The van der Waals surface area contributed by atoms with Gasteiger partial charge in [-0.05, 0) is 44.4 Å². The predicted molar refractivity (Wildman–Crippen MR) is 152 cm³/mol. The van der Waals surface area contributed by atoms with Gasteiger partial charge in [0.15, 0.2) is 5.82 Å². The van der Waals surface area contributed by atoms with Gasteiger partial charge in [-0.2, -0.15) is 5.10 Å². The van der Waals surface area contributed by atoms with E-state index >= 15 is 0 Å². The van der Waals surface area contributed by atoms with E-state index in [2.05, 4.69) is 20.7 Å². The van der Waals surface area contributed by atoms with Crippen LogP contribution in [0.5, 0.6) is 11.5 Å². The lowest BCUT2D eigenvalue weighted by atomic mass is 9.85. The molecule has 3 amide bonds. The Balaban J connectivity index is 1.63. The Labute approximate surface area is 239 Å². The van der Waals surface area contributed by atoms with Crippen molar-refractivity contribution in [1.82, 2.24) is 30.3 Å². The molecule has 1 saturated heterocycles. The van der Waals surface area contributed by atoms with Gasteiger partial charge in [-0.3, -0.25) is 4.79 Å². The number of ether oxygens (including phenoxy) is 2. The maximum absolute atomic E-state index is 13.8. The smallest absolute Gasteiger partial charge is 0.326 e. The number of fused-ring (bicyclic) bond motifs is 1. The van der Waals surface area contributed by atoms with Crippen LogP contribution < -0.4 is 20.1 Å². The SMILES string of the molecule is COc1ccc2c(O[C@@H]3CC(C(=O)O)N(C(=O)[C@@H](NC(=O)NC(C)(C)C)C(C)(C)C)C3)cc(-n3cccn3)nc2c1. The van der Waals surface area contributed by atoms with Crippen LogP contribution in [0.25, 0.3) is 16.7 Å². The first-order chi connectivity index (χ1) is 19.2. The fourth-order valence-corrected chi connectivity index (χ4v) is 4.77. The number of pyridine rings is 1. The molecule has 1 aliphatic heterocycles. The average molecular weight is 567 g/mol. The summed E-state index contributed by atoms with van der Waals surface area (Å²) in [5.41, 5.74) is -0.597. The van der Waals surface area contributed by atoms with Crippen molar-refractivity contribution in [2.75, 3.05) is 13.7 Å². The van der Waals surface area contributed by atoms with E-state index in [4.69, 9.17) is 9.47 Å². The average Bonchev–Trinajstić information content (AvgIpc) is 3.55. The van der Waals surface area contributed by atoms with Crippen molar-refractivity contribution >= 4 is 28.8 Å². The topological polar surface area (TPSA) is 148 Å². The number of benzene rings is 1. The maximum atomic E-state index is 13.8. The lowest BCUT2D eigenvalue weighted by Gasteiger charge is -2.35. The number of aliphatic carboxylic acids is 1. The van der Waals surface area contributed by atoms with Crippen molar-refractivity contribution in [2.24, 2.45) is 5.41 Å². The number of amides is 3. The van der Waals surface area contributed by atoms with Crippen LogP contribution in [0, 0.1) is 5.41 Å². The third-order valence-corrected chi connectivity index (χ3v) is 6.71. The second-order valence-electron chi connectivity index (χ2n) is 12.3. The molecule has 3 heterocycles. The molecule has 1 fully saturated rings. The second kappa shape index (κ2) is 11.3. The Morgan fingerprint density at radius 3 is 2.44 bits per heavy atom. The van der Waals surface area contributed by atoms with Crippen LogP contribution in [0.1, 0.15) is 48.0 Å². The van der Waals surface area contributed by atoms with Gasteiger partial charge in [0.25, 0.3) is 0 Å². The van der Waals surface area contributed by atoms with Gasteiger partial charge in [-0.25, -0.2) is 19.3 Å². The summed E-state index contributed by atoms with van der Waals surface area (Å²) in [6.07, 6.45) is 2.84. The summed E-state index contributed by atoms with van der Waals surface area (Å²) in [7, 11) is 1.57. The molecular formula is C29H38N6O6. The van der Waals surface area contributed by atoms with Crippen molar-refractivity contribution in [3.63, 3.8) is 0 Å². The summed E-state index contributed by atoms with van der Waals surface area (Å²) in [4.78, 5) is 44.8. The van der Waals surface area contributed by atoms with Gasteiger partial charge in [0.05, 0.1) is 19.2 Å². The molecule has 0 aliphatic carbocycles. The molecule has 4 rings (SSSR count). The predicted octanol–water partition coefficient (Wildman–Crippen LogP) is 3.37. The highest BCUT2D eigenvalue weighted by atomic mass is 16.5. The molecule has 220 valence electrons. The summed E-state index contributed by atoms with van der Waals surface area (Å²) >= 11 is 0. The Hall–Kier alpha value is -4.35. The number of methoxy groups -OCH3 is 1. The van der Waals surface area contributed by atoms with Gasteiger partial charge in [0, 0.05) is 41.9 Å². The molecule has 0 saturated carbocycles. The Bertz CT molecular complexity index is 1430. The first kappa shape index (κ1) is 29.6. The lowest BCUT2D eigenvalue weighted by molar-refractivity contribution is -0.150. The van der Waals surface area contributed by atoms with Gasteiger partial charge in [0.2, 0.25) is 5.91 Å². The number of carboxylic acids is 1. The van der Waals surface area contributed by atoms with Gasteiger partial charge in [-0.1, -0.05) is 20.8 Å². The van der Waals surface area contributed by atoms with Crippen LogP contribution >= 0.6 is 0 Å². The minimum Gasteiger partial charge on any atom is -0.497 e. The normalized spacial score (nSPS) is 18.2. The van der Waals surface area contributed by atoms with E-state index in [0.29, 0.717) is 28.2 Å². The summed E-state index contributed by atoms with van der Waals surface area (Å²) in [6, 6.07) is 6.31. The second-order valence-corrected chi connectivity index (χ2v) is 12.3. The molecule has 41 heavy (non-hydrogen) atoms. The molecule has 0 bridgehead atoms. The molecule has 0 spiro atoms. The molecule has 12 heteroatoms. The maximum Gasteiger partial charge on any atom is 0.326 e. The van der Waals surface area contributed by atoms with E-state index in [-0.39, 0.29) is 13.0 Å². The third kappa shape index (κ3) is 6.87.